The summed E-state index contributed by atoms with van der Waals surface area (Å²) in [5.41, 5.74) is 5.73. The van der Waals surface area contributed by atoms with Crippen molar-refractivity contribution >= 4 is 22.4 Å². The molecular weight excluding hydrogens is 376 g/mol. The molecule has 3 aromatic heterocycles. The highest BCUT2D eigenvalue weighted by atomic mass is 16.5. The zero-order valence-corrected chi connectivity index (χ0v) is 17.0. The quantitative estimate of drug-likeness (QED) is 0.460. The van der Waals surface area contributed by atoms with Crippen LogP contribution in [-0.2, 0) is 4.74 Å². The summed E-state index contributed by atoms with van der Waals surface area (Å²) in [4.78, 5) is 30.0. The lowest BCUT2D eigenvalue weighted by molar-refractivity contribution is 0.0524. The van der Waals surface area contributed by atoms with Gasteiger partial charge in [-0.2, -0.15) is 0 Å². The molecule has 0 radical (unpaired) electrons. The second-order valence-electron chi connectivity index (χ2n) is 7.80. The lowest BCUT2D eigenvalue weighted by Gasteiger charge is -2.16. The van der Waals surface area contributed by atoms with E-state index in [1.807, 2.05) is 43.5 Å². The molecule has 150 valence electrons. The number of nitrogens with zero attached hydrogens (tertiary/aromatic N) is 2. The van der Waals surface area contributed by atoms with Gasteiger partial charge in [-0.1, -0.05) is 18.2 Å². The second-order valence-corrected chi connectivity index (χ2v) is 7.80. The number of carbonyl (C=O) groups excluding carboxylic acids is 1. The zero-order chi connectivity index (χ0) is 20.8. The summed E-state index contributed by atoms with van der Waals surface area (Å²) >= 11 is 0. The molecule has 5 heteroatoms. The highest BCUT2D eigenvalue weighted by Gasteiger charge is 2.29. The number of para-hydroxylation sites is 1. The van der Waals surface area contributed by atoms with Crippen LogP contribution in [-0.4, -0.2) is 22.0 Å². The minimum atomic E-state index is -0.556. The number of esters is 1. The normalized spacial score (nSPS) is 13.7. The van der Waals surface area contributed by atoms with Crippen LogP contribution in [0.2, 0.25) is 0 Å². The Hall–Kier alpha value is -3.47. The molecule has 0 saturated heterocycles. The molecular formula is C25H22N2O3. The minimum absolute atomic E-state index is 0.107. The van der Waals surface area contributed by atoms with Crippen molar-refractivity contribution in [2.24, 2.45) is 0 Å². The van der Waals surface area contributed by atoms with Crippen LogP contribution in [0.25, 0.3) is 27.5 Å². The fraction of sp³-hybridized carbons (Fsp3) is 0.240. The van der Waals surface area contributed by atoms with Crippen molar-refractivity contribution in [3.05, 3.63) is 81.9 Å². The first-order valence-electron chi connectivity index (χ1n) is 10.3. The average molecular weight is 398 g/mol. The summed E-state index contributed by atoms with van der Waals surface area (Å²) in [6.45, 7) is 4.02. The molecule has 0 atom stereocenters. The Morgan fingerprint density at radius 1 is 1.20 bits per heavy atom. The number of hydrogen-bond donors (Lipinski definition) is 0. The molecule has 0 aliphatic heterocycles. The lowest BCUT2D eigenvalue weighted by Crippen LogP contribution is -2.25. The molecule has 0 bridgehead atoms. The summed E-state index contributed by atoms with van der Waals surface area (Å²) in [6, 6.07) is 13.8. The second kappa shape index (κ2) is 7.10. The van der Waals surface area contributed by atoms with Gasteiger partial charge in [0.25, 0.3) is 5.56 Å². The van der Waals surface area contributed by atoms with Gasteiger partial charge in [0.15, 0.2) is 0 Å². The van der Waals surface area contributed by atoms with Crippen molar-refractivity contribution in [1.29, 1.82) is 0 Å². The van der Waals surface area contributed by atoms with E-state index in [0.717, 1.165) is 51.5 Å². The molecule has 0 N–H and O–H groups in total. The molecule has 0 spiro atoms. The molecule has 5 nitrogen and oxygen atoms in total. The van der Waals surface area contributed by atoms with Crippen LogP contribution < -0.4 is 5.56 Å². The van der Waals surface area contributed by atoms with Crippen molar-refractivity contribution in [3.8, 4) is 11.1 Å². The number of aromatic nitrogens is 2. The van der Waals surface area contributed by atoms with Gasteiger partial charge in [-0.15, -0.1) is 0 Å². The van der Waals surface area contributed by atoms with Crippen molar-refractivity contribution in [2.45, 2.75) is 32.6 Å². The predicted molar refractivity (Wildman–Crippen MR) is 117 cm³/mol. The van der Waals surface area contributed by atoms with Gasteiger partial charge >= 0.3 is 5.97 Å². The summed E-state index contributed by atoms with van der Waals surface area (Å²) in [5, 5.41) is 1.08. The lowest BCUT2D eigenvalue weighted by atomic mass is 9.97. The molecule has 4 aromatic rings. The third-order valence-corrected chi connectivity index (χ3v) is 5.83. The molecule has 1 aromatic carbocycles. The predicted octanol–water partition coefficient (Wildman–Crippen LogP) is 4.88. The van der Waals surface area contributed by atoms with Crippen molar-refractivity contribution in [1.82, 2.24) is 9.38 Å². The van der Waals surface area contributed by atoms with E-state index in [2.05, 4.69) is 11.1 Å². The van der Waals surface area contributed by atoms with Crippen LogP contribution in [0.3, 0.4) is 0 Å². The van der Waals surface area contributed by atoms with Gasteiger partial charge in [-0.05, 0) is 73.6 Å². The number of fused-ring (bicyclic) bond motifs is 2. The molecule has 0 unspecified atom stereocenters. The van der Waals surface area contributed by atoms with Gasteiger partial charge < -0.3 is 4.74 Å². The number of benzene rings is 1. The van der Waals surface area contributed by atoms with Gasteiger partial charge in [0.05, 0.1) is 17.6 Å². The Morgan fingerprint density at radius 3 is 2.77 bits per heavy atom. The molecule has 0 amide bonds. The van der Waals surface area contributed by atoms with E-state index in [-0.39, 0.29) is 17.7 Å². The summed E-state index contributed by atoms with van der Waals surface area (Å²) in [6.07, 6.45) is 5.78. The highest BCUT2D eigenvalue weighted by Crippen LogP contribution is 2.43. The molecule has 1 saturated carbocycles. The fourth-order valence-corrected chi connectivity index (χ4v) is 4.19. The van der Waals surface area contributed by atoms with Crippen LogP contribution >= 0.6 is 0 Å². The van der Waals surface area contributed by atoms with Gasteiger partial charge in [-0.25, -0.2) is 4.79 Å². The SMILES string of the molecule is CCOC(=O)c1cc(C2CC2)c2c(C)c(-c3cnc4ccccc4c3)ccn2c1=O. The Morgan fingerprint density at radius 2 is 2.00 bits per heavy atom. The maximum atomic E-state index is 13.1. The standard InChI is InChI=1S/C25H22N2O3/c1-3-30-25(29)21-13-20(16-8-9-16)23-15(2)19(10-11-27(23)24(21)28)18-12-17-6-4-5-7-22(17)26-14-18/h4-7,10-14,16H,3,8-9H2,1-2H3. The Kier molecular flexibility index (Phi) is 4.39. The van der Waals surface area contributed by atoms with Crippen LogP contribution in [0, 0.1) is 6.92 Å². The smallest absolute Gasteiger partial charge is 0.343 e. The van der Waals surface area contributed by atoms with E-state index in [0.29, 0.717) is 5.92 Å². The Bertz CT molecular complexity index is 1370. The molecule has 5 rings (SSSR count). The fourth-order valence-electron chi connectivity index (χ4n) is 4.19. The third-order valence-electron chi connectivity index (χ3n) is 5.83. The maximum Gasteiger partial charge on any atom is 0.343 e. The first-order valence-corrected chi connectivity index (χ1v) is 10.3. The Balaban J connectivity index is 1.75. The van der Waals surface area contributed by atoms with E-state index in [1.165, 1.54) is 0 Å². The average Bonchev–Trinajstić information content (AvgIpc) is 3.59. The molecule has 1 aliphatic carbocycles. The number of ether oxygens (including phenoxy) is 1. The van der Waals surface area contributed by atoms with Gasteiger partial charge in [0.1, 0.15) is 5.56 Å². The van der Waals surface area contributed by atoms with E-state index >= 15 is 0 Å². The largest absolute Gasteiger partial charge is 0.462 e. The van der Waals surface area contributed by atoms with E-state index in [9.17, 15) is 9.59 Å². The molecule has 3 heterocycles. The topological polar surface area (TPSA) is 60.7 Å². The Labute approximate surface area is 174 Å². The van der Waals surface area contributed by atoms with E-state index < -0.39 is 5.97 Å². The zero-order valence-electron chi connectivity index (χ0n) is 17.0. The summed E-state index contributed by atoms with van der Waals surface area (Å²) in [5.74, 6) is -0.184. The number of rotatable bonds is 4. The number of carbonyl (C=O) groups is 1. The van der Waals surface area contributed by atoms with Crippen LogP contribution in [0.1, 0.15) is 47.2 Å². The van der Waals surface area contributed by atoms with Gasteiger partial charge in [0, 0.05) is 23.3 Å². The van der Waals surface area contributed by atoms with Crippen molar-refractivity contribution in [2.75, 3.05) is 6.61 Å². The van der Waals surface area contributed by atoms with Crippen LogP contribution in [0.15, 0.2) is 59.7 Å². The number of aryl methyl sites for hydroxylation is 1. The molecule has 1 aliphatic rings. The monoisotopic (exact) mass is 398 g/mol. The van der Waals surface area contributed by atoms with Crippen LogP contribution in [0.4, 0.5) is 0 Å². The van der Waals surface area contributed by atoms with Crippen molar-refractivity contribution in [3.63, 3.8) is 0 Å². The van der Waals surface area contributed by atoms with E-state index in [1.54, 1.807) is 23.6 Å². The first kappa shape index (κ1) is 18.6. The van der Waals surface area contributed by atoms with Gasteiger partial charge in [-0.3, -0.25) is 14.2 Å². The van der Waals surface area contributed by atoms with Crippen LogP contribution in [0.5, 0.6) is 0 Å². The molecule has 1 fully saturated rings. The molecule has 30 heavy (non-hydrogen) atoms. The van der Waals surface area contributed by atoms with Crippen molar-refractivity contribution < 1.29 is 9.53 Å². The third kappa shape index (κ3) is 2.98. The van der Waals surface area contributed by atoms with E-state index in [4.69, 9.17) is 4.74 Å². The van der Waals surface area contributed by atoms with Gasteiger partial charge in [0.2, 0.25) is 0 Å². The summed E-state index contributed by atoms with van der Waals surface area (Å²) < 4.78 is 6.72. The summed E-state index contributed by atoms with van der Waals surface area (Å²) in [7, 11) is 0. The maximum absolute atomic E-state index is 13.1. The number of pyridine rings is 3. The number of hydrogen-bond acceptors (Lipinski definition) is 4. The highest BCUT2D eigenvalue weighted by molar-refractivity contribution is 5.91. The minimum Gasteiger partial charge on any atom is -0.462 e. The first-order chi connectivity index (χ1) is 14.6.